The predicted octanol–water partition coefficient (Wildman–Crippen LogP) is 1.91. The van der Waals surface area contributed by atoms with Crippen LogP contribution >= 0.6 is 0 Å². The van der Waals surface area contributed by atoms with E-state index < -0.39 is 22.8 Å². The Labute approximate surface area is 94.0 Å². The van der Waals surface area contributed by atoms with Crippen LogP contribution in [0.15, 0.2) is 11.6 Å². The third-order valence-electron chi connectivity index (χ3n) is 5.01. The summed E-state index contributed by atoms with van der Waals surface area (Å²) in [5.41, 5.74) is -1.85. The third-order valence-corrected chi connectivity index (χ3v) is 5.01. The molecule has 0 aliphatic heterocycles. The van der Waals surface area contributed by atoms with E-state index in [0.717, 1.165) is 12.0 Å². The number of hydrogen-bond donors (Lipinski definition) is 2. The highest BCUT2D eigenvalue weighted by Gasteiger charge is 2.71. The van der Waals surface area contributed by atoms with Gasteiger partial charge in [0.1, 0.15) is 0 Å². The molecule has 0 aromatic heterocycles. The van der Waals surface area contributed by atoms with E-state index in [4.69, 9.17) is 0 Å². The average molecular weight is 224 g/mol. The first kappa shape index (κ1) is 11.2. The summed E-state index contributed by atoms with van der Waals surface area (Å²) in [4.78, 5) is 22.8. The van der Waals surface area contributed by atoms with Crippen LogP contribution in [-0.4, -0.2) is 22.2 Å². The smallest absolute Gasteiger partial charge is 0.325 e. The lowest BCUT2D eigenvalue weighted by molar-refractivity contribution is -0.172. The van der Waals surface area contributed by atoms with E-state index in [1.807, 2.05) is 13.8 Å². The topological polar surface area (TPSA) is 74.6 Å². The highest BCUT2D eigenvalue weighted by Crippen LogP contribution is 2.69. The fourth-order valence-electron chi connectivity index (χ4n) is 3.41. The van der Waals surface area contributed by atoms with Gasteiger partial charge in [-0.2, -0.15) is 0 Å². The maximum absolute atomic E-state index is 11.4. The molecule has 0 aromatic carbocycles. The van der Waals surface area contributed by atoms with Crippen LogP contribution in [0.25, 0.3) is 0 Å². The Morgan fingerprint density at radius 1 is 1.19 bits per heavy atom. The van der Waals surface area contributed by atoms with Crippen molar-refractivity contribution in [3.63, 3.8) is 0 Å². The van der Waals surface area contributed by atoms with E-state index in [1.54, 1.807) is 6.92 Å². The number of rotatable bonds is 2. The second kappa shape index (κ2) is 2.67. The zero-order valence-electron chi connectivity index (χ0n) is 9.70. The standard InChI is InChI=1S/C12H16O4/c1-10(2)7-4-5-11(10,3)12(6-7,8(13)14)9(15)16/h6H,4-5H2,1-3H3,(H,13,14)(H,15,16). The molecule has 2 aliphatic rings. The minimum absolute atomic E-state index is 0.343. The normalized spacial score (nSPS) is 33.6. The number of aliphatic carboxylic acids is 2. The fourth-order valence-corrected chi connectivity index (χ4v) is 3.41. The molecule has 2 bridgehead atoms. The van der Waals surface area contributed by atoms with Crippen LogP contribution in [0.1, 0.15) is 33.6 Å². The summed E-state index contributed by atoms with van der Waals surface area (Å²) in [5.74, 6) is -2.49. The molecule has 2 rings (SSSR count). The third kappa shape index (κ3) is 0.829. The molecule has 0 heterocycles. The molecule has 88 valence electrons. The first-order valence-corrected chi connectivity index (χ1v) is 5.39. The molecule has 4 nitrogen and oxygen atoms in total. The van der Waals surface area contributed by atoms with E-state index in [-0.39, 0.29) is 5.41 Å². The van der Waals surface area contributed by atoms with Gasteiger partial charge in [0.05, 0.1) is 0 Å². The predicted molar refractivity (Wildman–Crippen MR) is 56.9 cm³/mol. The Kier molecular flexibility index (Phi) is 1.87. The fraction of sp³-hybridized carbons (Fsp3) is 0.667. The second-order valence-electron chi connectivity index (χ2n) is 5.55. The van der Waals surface area contributed by atoms with E-state index >= 15 is 0 Å². The van der Waals surface area contributed by atoms with E-state index in [1.165, 1.54) is 6.08 Å². The number of carbonyl (C=O) groups is 2. The zero-order valence-corrected chi connectivity index (χ0v) is 9.70. The van der Waals surface area contributed by atoms with Gasteiger partial charge >= 0.3 is 11.9 Å². The van der Waals surface area contributed by atoms with Crippen molar-refractivity contribution in [3.8, 4) is 0 Å². The average Bonchev–Trinajstić information content (AvgIpc) is 2.46. The van der Waals surface area contributed by atoms with Gasteiger partial charge in [-0.3, -0.25) is 9.59 Å². The molecule has 16 heavy (non-hydrogen) atoms. The van der Waals surface area contributed by atoms with Gasteiger partial charge in [-0.15, -0.1) is 0 Å². The van der Waals surface area contributed by atoms with Crippen molar-refractivity contribution in [1.29, 1.82) is 0 Å². The molecule has 4 heteroatoms. The largest absolute Gasteiger partial charge is 0.480 e. The van der Waals surface area contributed by atoms with Gasteiger partial charge in [0.25, 0.3) is 0 Å². The van der Waals surface area contributed by atoms with Crippen molar-refractivity contribution < 1.29 is 19.8 Å². The summed E-state index contributed by atoms with van der Waals surface area (Å²) >= 11 is 0. The summed E-state index contributed by atoms with van der Waals surface area (Å²) in [6.45, 7) is 5.67. The maximum Gasteiger partial charge on any atom is 0.325 e. The summed E-state index contributed by atoms with van der Waals surface area (Å²) in [6.07, 6.45) is 2.91. The lowest BCUT2D eigenvalue weighted by Crippen LogP contribution is -2.52. The van der Waals surface area contributed by atoms with Crippen molar-refractivity contribution in [2.45, 2.75) is 33.6 Å². The molecule has 0 saturated heterocycles. The Bertz CT molecular complexity index is 405. The molecular formula is C12H16O4. The Morgan fingerprint density at radius 3 is 1.88 bits per heavy atom. The Balaban J connectivity index is 2.71. The van der Waals surface area contributed by atoms with Crippen LogP contribution in [0.5, 0.6) is 0 Å². The van der Waals surface area contributed by atoms with Gasteiger partial charge in [-0.1, -0.05) is 32.4 Å². The van der Waals surface area contributed by atoms with Crippen molar-refractivity contribution >= 4 is 11.9 Å². The number of hydrogen-bond acceptors (Lipinski definition) is 2. The lowest BCUT2D eigenvalue weighted by atomic mass is 9.57. The van der Waals surface area contributed by atoms with E-state index in [9.17, 15) is 19.8 Å². The van der Waals surface area contributed by atoms with Gasteiger partial charge in [0, 0.05) is 5.41 Å². The summed E-state index contributed by atoms with van der Waals surface area (Å²) in [5, 5.41) is 18.7. The van der Waals surface area contributed by atoms with Crippen LogP contribution < -0.4 is 0 Å². The summed E-state index contributed by atoms with van der Waals surface area (Å²) < 4.78 is 0. The van der Waals surface area contributed by atoms with Gasteiger partial charge in [-0.05, 0) is 18.3 Å². The maximum atomic E-state index is 11.4. The molecule has 0 aromatic rings. The van der Waals surface area contributed by atoms with Gasteiger partial charge in [0.15, 0.2) is 5.41 Å². The molecule has 1 fully saturated rings. The molecule has 1 atom stereocenters. The summed E-state index contributed by atoms with van der Waals surface area (Å²) in [7, 11) is 0. The number of fused-ring (bicyclic) bond motifs is 2. The first-order chi connectivity index (χ1) is 7.20. The van der Waals surface area contributed by atoms with Gasteiger partial charge in [0.2, 0.25) is 0 Å². The summed E-state index contributed by atoms with van der Waals surface area (Å²) in [6, 6.07) is 0. The van der Waals surface area contributed by atoms with Crippen molar-refractivity contribution in [1.82, 2.24) is 0 Å². The van der Waals surface area contributed by atoms with Crippen LogP contribution in [0.3, 0.4) is 0 Å². The van der Waals surface area contributed by atoms with Crippen molar-refractivity contribution in [2.24, 2.45) is 16.2 Å². The molecular weight excluding hydrogens is 208 g/mol. The SMILES string of the molecule is CC1(C)C2=CC(C(=O)O)(C(=O)O)C1(C)CC2. The van der Waals surface area contributed by atoms with Crippen LogP contribution in [0, 0.1) is 16.2 Å². The zero-order chi connectivity index (χ0) is 12.4. The number of carboxylic acid groups (broad SMARTS) is 2. The highest BCUT2D eigenvalue weighted by molar-refractivity contribution is 6.03. The van der Waals surface area contributed by atoms with Gasteiger partial charge < -0.3 is 10.2 Å². The molecule has 1 saturated carbocycles. The Hall–Kier alpha value is -1.32. The number of carboxylic acids is 2. The second-order valence-corrected chi connectivity index (χ2v) is 5.55. The van der Waals surface area contributed by atoms with E-state index in [0.29, 0.717) is 6.42 Å². The van der Waals surface area contributed by atoms with Crippen molar-refractivity contribution in [3.05, 3.63) is 11.6 Å². The van der Waals surface area contributed by atoms with Crippen LogP contribution in [0.4, 0.5) is 0 Å². The first-order valence-electron chi connectivity index (χ1n) is 5.39. The minimum Gasteiger partial charge on any atom is -0.480 e. The quantitative estimate of drug-likeness (QED) is 0.555. The number of allylic oxidation sites excluding steroid dienone is 1. The van der Waals surface area contributed by atoms with Crippen molar-refractivity contribution in [2.75, 3.05) is 0 Å². The van der Waals surface area contributed by atoms with Gasteiger partial charge in [-0.25, -0.2) is 0 Å². The molecule has 0 amide bonds. The Morgan fingerprint density at radius 2 is 1.69 bits per heavy atom. The highest BCUT2D eigenvalue weighted by atomic mass is 16.4. The molecule has 2 N–H and O–H groups in total. The molecule has 0 radical (unpaired) electrons. The lowest BCUT2D eigenvalue weighted by Gasteiger charge is -2.42. The molecule has 2 aliphatic carbocycles. The monoisotopic (exact) mass is 224 g/mol. The minimum atomic E-state index is -1.75. The molecule has 0 spiro atoms. The molecule has 1 unspecified atom stereocenters. The van der Waals surface area contributed by atoms with E-state index in [2.05, 4.69) is 0 Å². The van der Waals surface area contributed by atoms with Crippen LogP contribution in [0.2, 0.25) is 0 Å². The van der Waals surface area contributed by atoms with Crippen LogP contribution in [-0.2, 0) is 9.59 Å².